The van der Waals surface area contributed by atoms with Gasteiger partial charge >= 0.3 is 17.8 Å². The first-order chi connectivity index (χ1) is 12.9. The van der Waals surface area contributed by atoms with Gasteiger partial charge in [0, 0.05) is 6.07 Å². The molecule has 12 heteroatoms. The van der Waals surface area contributed by atoms with Crippen molar-refractivity contribution in [2.75, 3.05) is 5.84 Å². The number of nitriles is 1. The van der Waals surface area contributed by atoms with E-state index < -0.39 is 57.8 Å². The molecule has 0 bridgehead atoms. The Morgan fingerprint density at radius 2 is 1.86 bits per heavy atom. The molecule has 1 aromatic heterocycles. The van der Waals surface area contributed by atoms with Gasteiger partial charge in [0.15, 0.2) is 5.69 Å². The number of hydrogen-bond acceptors (Lipinski definition) is 6. The largest absolute Gasteiger partial charge is 0.459 e. The maximum absolute atomic E-state index is 14.4. The zero-order valence-electron chi connectivity index (χ0n) is 14.4. The van der Waals surface area contributed by atoms with Crippen LogP contribution < -0.4 is 17.1 Å². The minimum atomic E-state index is -5.11. The Kier molecular flexibility index (Phi) is 5.31. The number of rotatable bonds is 3. The number of nitrogen functional groups attached to an aromatic ring is 1. The summed E-state index contributed by atoms with van der Waals surface area (Å²) in [6, 6.07) is 2.77. The standard InChI is InChI=1S/C16H12F4N4O4/c1-7(2)28-14(26)9-4-11(10(17)3-8(9)6-21)23-13(25)5-12(16(18,19)20)24(22)15(23)27/h3-5,7H,22H2,1-2H3. The van der Waals surface area contributed by atoms with Gasteiger partial charge in [-0.25, -0.2) is 23.2 Å². The number of carbonyl (C=O) groups excluding carboxylic acids is 1. The number of hydrogen-bond donors (Lipinski definition) is 1. The lowest BCUT2D eigenvalue weighted by Gasteiger charge is -2.15. The fourth-order valence-electron chi connectivity index (χ4n) is 2.27. The minimum absolute atomic E-state index is 0.00512. The second kappa shape index (κ2) is 7.18. The summed E-state index contributed by atoms with van der Waals surface area (Å²) in [6.07, 6.45) is -5.72. The lowest BCUT2D eigenvalue weighted by atomic mass is 10.1. The maximum atomic E-state index is 14.4. The number of ether oxygens (including phenoxy) is 1. The molecule has 0 aliphatic carbocycles. The number of aromatic nitrogens is 2. The van der Waals surface area contributed by atoms with Gasteiger partial charge in [-0.1, -0.05) is 0 Å². The molecule has 0 fully saturated rings. The normalized spacial score (nSPS) is 11.4. The van der Waals surface area contributed by atoms with E-state index in [0.717, 1.165) is 0 Å². The molecular weight excluding hydrogens is 388 g/mol. The van der Waals surface area contributed by atoms with Crippen molar-refractivity contribution in [3.05, 3.63) is 61.7 Å². The van der Waals surface area contributed by atoms with Crippen LogP contribution in [0.1, 0.15) is 35.5 Å². The number of alkyl halides is 3. The Labute approximate surface area is 154 Å². The molecule has 0 saturated carbocycles. The van der Waals surface area contributed by atoms with Crippen LogP contribution in [0.2, 0.25) is 0 Å². The second-order valence-corrected chi connectivity index (χ2v) is 5.77. The highest BCUT2D eigenvalue weighted by atomic mass is 19.4. The highest BCUT2D eigenvalue weighted by molar-refractivity contribution is 5.93. The first kappa shape index (κ1) is 20.7. The molecule has 2 N–H and O–H groups in total. The van der Waals surface area contributed by atoms with E-state index in [2.05, 4.69) is 0 Å². The summed E-state index contributed by atoms with van der Waals surface area (Å²) >= 11 is 0. The molecule has 0 aliphatic heterocycles. The van der Waals surface area contributed by atoms with Crippen molar-refractivity contribution >= 4 is 5.97 Å². The summed E-state index contributed by atoms with van der Waals surface area (Å²) in [5.74, 6) is 2.74. The number of benzene rings is 1. The van der Waals surface area contributed by atoms with Gasteiger partial charge in [-0.2, -0.15) is 18.4 Å². The highest BCUT2D eigenvalue weighted by Crippen LogP contribution is 2.27. The Morgan fingerprint density at radius 1 is 1.25 bits per heavy atom. The van der Waals surface area contributed by atoms with Crippen LogP contribution in [0.15, 0.2) is 27.8 Å². The van der Waals surface area contributed by atoms with E-state index in [9.17, 15) is 31.9 Å². The van der Waals surface area contributed by atoms with Crippen molar-refractivity contribution in [1.82, 2.24) is 9.24 Å². The highest BCUT2D eigenvalue weighted by Gasteiger charge is 2.36. The third-order valence-corrected chi connectivity index (χ3v) is 3.44. The molecule has 0 saturated heterocycles. The molecule has 2 rings (SSSR count). The van der Waals surface area contributed by atoms with Crippen LogP contribution in [-0.2, 0) is 10.9 Å². The lowest BCUT2D eigenvalue weighted by molar-refractivity contribution is -0.143. The molecule has 1 aromatic carbocycles. The fourth-order valence-corrected chi connectivity index (χ4v) is 2.27. The van der Waals surface area contributed by atoms with Gasteiger partial charge in [0.25, 0.3) is 5.56 Å². The van der Waals surface area contributed by atoms with Gasteiger partial charge in [-0.3, -0.25) is 4.79 Å². The van der Waals surface area contributed by atoms with E-state index in [1.807, 2.05) is 0 Å². The van der Waals surface area contributed by atoms with E-state index in [4.69, 9.17) is 15.8 Å². The van der Waals surface area contributed by atoms with Crippen LogP contribution in [0, 0.1) is 17.1 Å². The van der Waals surface area contributed by atoms with E-state index >= 15 is 0 Å². The van der Waals surface area contributed by atoms with Gasteiger partial charge < -0.3 is 10.6 Å². The Bertz CT molecular complexity index is 1110. The molecule has 2 aromatic rings. The first-order valence-corrected chi connectivity index (χ1v) is 7.54. The second-order valence-electron chi connectivity index (χ2n) is 5.77. The molecule has 28 heavy (non-hydrogen) atoms. The molecule has 0 amide bonds. The van der Waals surface area contributed by atoms with E-state index in [0.29, 0.717) is 12.1 Å². The van der Waals surface area contributed by atoms with Crippen LogP contribution in [0.25, 0.3) is 5.69 Å². The average molecular weight is 400 g/mol. The van der Waals surface area contributed by atoms with Crippen molar-refractivity contribution in [3.63, 3.8) is 0 Å². The first-order valence-electron chi connectivity index (χ1n) is 7.54. The van der Waals surface area contributed by atoms with Crippen LogP contribution in [-0.4, -0.2) is 21.3 Å². The summed E-state index contributed by atoms with van der Waals surface area (Å²) in [5, 5.41) is 9.06. The molecule has 0 unspecified atom stereocenters. The fraction of sp³-hybridized carbons (Fsp3) is 0.250. The van der Waals surface area contributed by atoms with E-state index in [-0.39, 0.29) is 15.3 Å². The smallest absolute Gasteiger partial charge is 0.433 e. The zero-order chi connectivity index (χ0) is 21.4. The summed E-state index contributed by atoms with van der Waals surface area (Å²) in [6.45, 7) is 3.00. The monoisotopic (exact) mass is 400 g/mol. The summed E-state index contributed by atoms with van der Waals surface area (Å²) < 4.78 is 57.5. The van der Waals surface area contributed by atoms with Crippen molar-refractivity contribution in [3.8, 4) is 11.8 Å². The average Bonchev–Trinajstić information content (AvgIpc) is 2.57. The maximum Gasteiger partial charge on any atom is 0.433 e. The van der Waals surface area contributed by atoms with Crippen LogP contribution >= 0.6 is 0 Å². The molecule has 148 valence electrons. The van der Waals surface area contributed by atoms with Gasteiger partial charge in [0.05, 0.1) is 22.9 Å². The Hall–Kier alpha value is -3.62. The quantitative estimate of drug-likeness (QED) is 0.471. The SMILES string of the molecule is CC(C)OC(=O)c1cc(-n2c(=O)cc(C(F)(F)F)n(N)c2=O)c(F)cc1C#N. The Morgan fingerprint density at radius 3 is 2.36 bits per heavy atom. The van der Waals surface area contributed by atoms with Gasteiger partial charge in [-0.15, -0.1) is 0 Å². The molecule has 0 spiro atoms. The summed E-state index contributed by atoms with van der Waals surface area (Å²) in [7, 11) is 0. The van der Waals surface area contributed by atoms with Gasteiger partial charge in [0.1, 0.15) is 11.9 Å². The number of nitrogens with zero attached hydrogens (tertiary/aromatic N) is 3. The van der Waals surface area contributed by atoms with E-state index in [1.54, 1.807) is 6.07 Å². The molecule has 8 nitrogen and oxygen atoms in total. The van der Waals surface area contributed by atoms with Crippen LogP contribution in [0.3, 0.4) is 0 Å². The molecule has 1 heterocycles. The van der Waals surface area contributed by atoms with E-state index in [1.165, 1.54) is 13.8 Å². The van der Waals surface area contributed by atoms with Crippen LogP contribution in [0.4, 0.5) is 17.6 Å². The zero-order valence-corrected chi connectivity index (χ0v) is 14.4. The minimum Gasteiger partial charge on any atom is -0.459 e. The molecule has 0 aliphatic rings. The lowest BCUT2D eigenvalue weighted by Crippen LogP contribution is -2.45. The number of nitrogens with two attached hydrogens (primary N) is 1. The van der Waals surface area contributed by atoms with Crippen LogP contribution in [0.5, 0.6) is 0 Å². The van der Waals surface area contributed by atoms with Crippen molar-refractivity contribution in [2.45, 2.75) is 26.1 Å². The number of esters is 1. The molecule has 0 radical (unpaired) electrons. The number of carbonyl (C=O) groups is 1. The van der Waals surface area contributed by atoms with Crippen molar-refractivity contribution in [2.24, 2.45) is 0 Å². The predicted molar refractivity (Wildman–Crippen MR) is 86.7 cm³/mol. The topological polar surface area (TPSA) is 120 Å². The third-order valence-electron chi connectivity index (χ3n) is 3.44. The van der Waals surface area contributed by atoms with Gasteiger partial charge in [-0.05, 0) is 26.0 Å². The predicted octanol–water partition coefficient (Wildman–Crippen LogP) is 1.31. The molecule has 0 atom stereocenters. The summed E-state index contributed by atoms with van der Waals surface area (Å²) in [4.78, 5) is 36.4. The summed E-state index contributed by atoms with van der Waals surface area (Å²) in [5.41, 5.74) is -6.79. The van der Waals surface area contributed by atoms with Crippen molar-refractivity contribution in [1.29, 1.82) is 5.26 Å². The van der Waals surface area contributed by atoms with Crippen molar-refractivity contribution < 1.29 is 27.1 Å². The Balaban J connectivity index is 2.82. The van der Waals surface area contributed by atoms with Gasteiger partial charge in [0.2, 0.25) is 0 Å². The molecular formula is C16H12F4N4O4. The third kappa shape index (κ3) is 3.73. The number of halogens is 4.